The number of nitrogens with zero attached hydrogens (tertiary/aromatic N) is 2. The fourth-order valence-electron chi connectivity index (χ4n) is 2.82. The Kier molecular flexibility index (Phi) is 5.88. The van der Waals surface area contributed by atoms with Crippen LogP contribution in [0.4, 0.5) is 21.0 Å². The molecule has 1 unspecified atom stereocenters. The molecule has 4 rings (SSSR count). The number of aromatic nitrogens is 2. The first kappa shape index (κ1) is 21.2. The average molecular weight is 462 g/mol. The van der Waals surface area contributed by atoms with Crippen LogP contribution in [0.2, 0.25) is 0 Å². The molecule has 1 amide bonds. The van der Waals surface area contributed by atoms with E-state index in [1.807, 2.05) is 0 Å². The molecule has 11 heteroatoms. The van der Waals surface area contributed by atoms with Gasteiger partial charge in [-0.3, -0.25) is 4.79 Å². The number of sulfone groups is 1. The molecule has 0 spiro atoms. The molecule has 0 bridgehead atoms. The van der Waals surface area contributed by atoms with Crippen molar-refractivity contribution >= 4 is 43.7 Å². The van der Waals surface area contributed by atoms with E-state index in [0.717, 1.165) is 36.5 Å². The fourth-order valence-corrected chi connectivity index (χ4v) is 5.06. The summed E-state index contributed by atoms with van der Waals surface area (Å²) in [6, 6.07) is 9.31. The first-order valence-electron chi connectivity index (χ1n) is 9.49. The van der Waals surface area contributed by atoms with Crippen LogP contribution in [0.3, 0.4) is 0 Å². The lowest BCUT2D eigenvalue weighted by Gasteiger charge is -2.17. The maximum absolute atomic E-state index is 14.4. The molecule has 1 aliphatic rings. The van der Waals surface area contributed by atoms with Gasteiger partial charge in [0, 0.05) is 30.3 Å². The Morgan fingerprint density at radius 2 is 2.03 bits per heavy atom. The van der Waals surface area contributed by atoms with Crippen molar-refractivity contribution in [1.82, 2.24) is 15.3 Å². The summed E-state index contributed by atoms with van der Waals surface area (Å²) in [6.45, 7) is 0. The normalized spacial score (nSPS) is 14.6. The lowest BCUT2D eigenvalue weighted by molar-refractivity contribution is 0.0951. The second-order valence-electron chi connectivity index (χ2n) is 7.20. The number of benzene rings is 1. The number of amides is 1. The van der Waals surface area contributed by atoms with E-state index in [1.54, 1.807) is 24.4 Å². The van der Waals surface area contributed by atoms with Crippen molar-refractivity contribution in [3.05, 3.63) is 65.0 Å². The zero-order valence-electron chi connectivity index (χ0n) is 16.5. The van der Waals surface area contributed by atoms with Gasteiger partial charge in [0.05, 0.1) is 10.6 Å². The van der Waals surface area contributed by atoms with E-state index in [1.165, 1.54) is 18.3 Å². The van der Waals surface area contributed by atoms with Crippen LogP contribution in [0.15, 0.2) is 48.8 Å². The molecule has 8 nitrogen and oxygen atoms in total. The van der Waals surface area contributed by atoms with E-state index in [9.17, 15) is 17.6 Å². The zero-order valence-corrected chi connectivity index (χ0v) is 18.1. The summed E-state index contributed by atoms with van der Waals surface area (Å²) in [4.78, 5) is 21.0. The lowest BCUT2D eigenvalue weighted by atomic mass is 10.1. The van der Waals surface area contributed by atoms with Crippen LogP contribution in [0.1, 0.15) is 33.5 Å². The standard InChI is InChI=1S/C20H20FN5O3S2/c1-31(28,29)19(16-11-23-20(30-16)26-17-4-2-3-9-22-17)25-15-10-12(5-8-14(15)21)18(27)24-13-6-7-13/h2-5,8-11,13,19,25H,6-7H2,1H3,(H,24,27)(H,22,23,26). The van der Waals surface area contributed by atoms with Crippen LogP contribution in [-0.4, -0.2) is 36.6 Å². The third kappa shape index (κ3) is 5.36. The molecule has 2 heterocycles. The highest BCUT2D eigenvalue weighted by atomic mass is 32.2. The van der Waals surface area contributed by atoms with Gasteiger partial charge in [-0.1, -0.05) is 17.4 Å². The van der Waals surface area contributed by atoms with E-state index < -0.39 is 21.0 Å². The van der Waals surface area contributed by atoms with Crippen LogP contribution >= 0.6 is 11.3 Å². The molecule has 1 aliphatic carbocycles. The molecule has 162 valence electrons. The van der Waals surface area contributed by atoms with Gasteiger partial charge in [-0.15, -0.1) is 0 Å². The molecule has 1 saturated carbocycles. The molecule has 3 N–H and O–H groups in total. The van der Waals surface area contributed by atoms with Crippen molar-refractivity contribution in [3.63, 3.8) is 0 Å². The average Bonchev–Trinajstić information content (AvgIpc) is 3.43. The molecule has 31 heavy (non-hydrogen) atoms. The first-order valence-corrected chi connectivity index (χ1v) is 12.3. The third-order valence-electron chi connectivity index (χ3n) is 4.54. The Hall–Kier alpha value is -3.05. The predicted molar refractivity (Wildman–Crippen MR) is 118 cm³/mol. The first-order chi connectivity index (χ1) is 14.8. The largest absolute Gasteiger partial charge is 0.362 e. The van der Waals surface area contributed by atoms with Crippen molar-refractivity contribution < 1.29 is 17.6 Å². The van der Waals surface area contributed by atoms with E-state index in [0.29, 0.717) is 15.8 Å². The van der Waals surface area contributed by atoms with Gasteiger partial charge in [0.2, 0.25) is 0 Å². The second kappa shape index (κ2) is 8.60. The van der Waals surface area contributed by atoms with E-state index in [2.05, 4.69) is 25.9 Å². The molecule has 1 aromatic carbocycles. The molecule has 0 radical (unpaired) electrons. The Labute approximate surface area is 182 Å². The number of thiazole rings is 1. The number of hydrogen-bond acceptors (Lipinski definition) is 8. The minimum atomic E-state index is -3.69. The summed E-state index contributed by atoms with van der Waals surface area (Å²) < 4.78 is 39.4. The minimum absolute atomic E-state index is 0.0773. The lowest BCUT2D eigenvalue weighted by Crippen LogP contribution is -2.26. The molecular weight excluding hydrogens is 441 g/mol. The maximum atomic E-state index is 14.4. The van der Waals surface area contributed by atoms with Gasteiger partial charge in [-0.25, -0.2) is 22.8 Å². The summed E-state index contributed by atoms with van der Waals surface area (Å²) in [5.41, 5.74) is 0.177. The van der Waals surface area contributed by atoms with Crippen LogP contribution in [0, 0.1) is 5.82 Å². The van der Waals surface area contributed by atoms with Gasteiger partial charge in [0.15, 0.2) is 20.3 Å². The number of carbonyl (C=O) groups excluding carboxylic acids is 1. The topological polar surface area (TPSA) is 113 Å². The Balaban J connectivity index is 1.57. The number of pyridine rings is 1. The zero-order chi connectivity index (χ0) is 22.0. The molecule has 3 aromatic rings. The van der Waals surface area contributed by atoms with Crippen LogP contribution in [0.25, 0.3) is 0 Å². The summed E-state index contributed by atoms with van der Waals surface area (Å²) in [7, 11) is -3.69. The molecule has 2 aromatic heterocycles. The Bertz CT molecular complexity index is 1200. The van der Waals surface area contributed by atoms with Gasteiger partial charge in [0.25, 0.3) is 5.91 Å². The predicted octanol–water partition coefficient (Wildman–Crippen LogP) is 3.47. The van der Waals surface area contributed by atoms with Crippen molar-refractivity contribution in [2.24, 2.45) is 0 Å². The van der Waals surface area contributed by atoms with Crippen molar-refractivity contribution in [1.29, 1.82) is 0 Å². The maximum Gasteiger partial charge on any atom is 0.251 e. The summed E-state index contributed by atoms with van der Waals surface area (Å²) in [5, 5.41) is 7.77. The van der Waals surface area contributed by atoms with Gasteiger partial charge in [-0.2, -0.15) is 0 Å². The molecule has 1 atom stereocenters. The van der Waals surface area contributed by atoms with Gasteiger partial charge < -0.3 is 16.0 Å². The number of anilines is 3. The minimum Gasteiger partial charge on any atom is -0.362 e. The van der Waals surface area contributed by atoms with E-state index >= 15 is 0 Å². The Morgan fingerprint density at radius 3 is 2.71 bits per heavy atom. The van der Waals surface area contributed by atoms with Crippen molar-refractivity contribution in [2.45, 2.75) is 24.3 Å². The van der Waals surface area contributed by atoms with Gasteiger partial charge in [0.1, 0.15) is 11.6 Å². The Morgan fingerprint density at radius 1 is 1.23 bits per heavy atom. The highest BCUT2D eigenvalue weighted by molar-refractivity contribution is 7.91. The summed E-state index contributed by atoms with van der Waals surface area (Å²) in [5.74, 6) is -0.415. The highest BCUT2D eigenvalue weighted by Crippen LogP contribution is 2.33. The van der Waals surface area contributed by atoms with Crippen LogP contribution < -0.4 is 16.0 Å². The van der Waals surface area contributed by atoms with E-state index in [-0.39, 0.29) is 23.2 Å². The molecule has 0 saturated heterocycles. The number of carbonyl (C=O) groups is 1. The smallest absolute Gasteiger partial charge is 0.251 e. The number of halogens is 1. The quantitative estimate of drug-likeness (QED) is 0.471. The van der Waals surface area contributed by atoms with Crippen LogP contribution in [0.5, 0.6) is 0 Å². The van der Waals surface area contributed by atoms with Crippen molar-refractivity contribution in [2.75, 3.05) is 16.9 Å². The highest BCUT2D eigenvalue weighted by Gasteiger charge is 2.28. The van der Waals surface area contributed by atoms with Gasteiger partial charge >= 0.3 is 0 Å². The monoisotopic (exact) mass is 461 g/mol. The molecule has 1 fully saturated rings. The number of hydrogen-bond donors (Lipinski definition) is 3. The van der Waals surface area contributed by atoms with Crippen molar-refractivity contribution in [3.8, 4) is 0 Å². The summed E-state index contributed by atoms with van der Waals surface area (Å²) in [6.07, 6.45) is 5.93. The van der Waals surface area contributed by atoms with Gasteiger partial charge in [-0.05, 0) is 43.2 Å². The number of rotatable bonds is 8. The SMILES string of the molecule is CS(=O)(=O)C(Nc1cc(C(=O)NC2CC2)ccc1F)c1cnc(Nc2ccccn2)s1. The summed E-state index contributed by atoms with van der Waals surface area (Å²) >= 11 is 1.11. The number of nitrogens with one attached hydrogen (secondary N) is 3. The fraction of sp³-hybridized carbons (Fsp3) is 0.250. The third-order valence-corrected chi connectivity index (χ3v) is 6.89. The molecular formula is C20H20FN5O3S2. The van der Waals surface area contributed by atoms with E-state index in [4.69, 9.17) is 0 Å². The van der Waals surface area contributed by atoms with Crippen LogP contribution in [-0.2, 0) is 9.84 Å². The molecule has 0 aliphatic heterocycles. The second-order valence-corrected chi connectivity index (χ2v) is 10.4.